The first-order valence-electron chi connectivity index (χ1n) is 9.40. The van der Waals surface area contributed by atoms with E-state index in [4.69, 9.17) is 5.41 Å². The molecule has 0 aliphatic heterocycles. The predicted octanol–water partition coefficient (Wildman–Crippen LogP) is 5.04. The topological polar surface area (TPSA) is 88.9 Å². The van der Waals surface area contributed by atoms with Gasteiger partial charge < -0.3 is 20.4 Å². The average Bonchev–Trinajstić information content (AvgIpc) is 3.20. The highest BCUT2D eigenvalue weighted by Gasteiger charge is 2.18. The Morgan fingerprint density at radius 2 is 1.94 bits per heavy atom. The molecule has 0 aliphatic carbocycles. The Morgan fingerprint density at radius 1 is 1.13 bits per heavy atom. The number of pyridine rings is 2. The molecule has 0 amide bonds. The van der Waals surface area contributed by atoms with E-state index in [1.54, 1.807) is 18.5 Å². The molecule has 0 unspecified atom stereocenters. The lowest BCUT2D eigenvalue weighted by Crippen LogP contribution is -2.08. The number of rotatable bonds is 5. The fourth-order valence-corrected chi connectivity index (χ4v) is 3.33. The molecule has 0 saturated carbocycles. The minimum absolute atomic E-state index is 0.143. The number of halogens is 2. The average molecular weight is 419 g/mol. The summed E-state index contributed by atoms with van der Waals surface area (Å²) in [7, 11) is 3.86. The summed E-state index contributed by atoms with van der Waals surface area (Å²) in [6, 6.07) is 9.21. The van der Waals surface area contributed by atoms with Gasteiger partial charge in [0.15, 0.2) is 11.6 Å². The summed E-state index contributed by atoms with van der Waals surface area (Å²) in [4.78, 5) is 13.7. The van der Waals surface area contributed by atoms with Gasteiger partial charge in [-0.1, -0.05) is 12.1 Å². The van der Waals surface area contributed by atoms with E-state index in [0.717, 1.165) is 23.5 Å². The lowest BCUT2D eigenvalue weighted by Gasteiger charge is -2.13. The number of aliphatic hydroxyl groups excluding tert-OH is 1. The van der Waals surface area contributed by atoms with Gasteiger partial charge in [-0.15, -0.1) is 0 Å². The molecule has 8 heteroatoms. The molecule has 0 radical (unpaired) electrons. The van der Waals surface area contributed by atoms with Gasteiger partial charge in [0.05, 0.1) is 5.69 Å². The van der Waals surface area contributed by atoms with Gasteiger partial charge in [0.1, 0.15) is 11.4 Å². The van der Waals surface area contributed by atoms with E-state index in [0.29, 0.717) is 22.3 Å². The summed E-state index contributed by atoms with van der Waals surface area (Å²) in [6.45, 7) is 0. The predicted molar refractivity (Wildman–Crippen MR) is 118 cm³/mol. The quantitative estimate of drug-likeness (QED) is 0.312. The summed E-state index contributed by atoms with van der Waals surface area (Å²) in [5.74, 6) is -2.55. The van der Waals surface area contributed by atoms with Crippen LogP contribution in [0.5, 0.6) is 0 Å². The Balaban J connectivity index is 1.87. The highest BCUT2D eigenvalue weighted by Crippen LogP contribution is 2.32. The van der Waals surface area contributed by atoms with Crippen molar-refractivity contribution in [3.8, 4) is 11.3 Å². The first-order chi connectivity index (χ1) is 14.9. The number of anilines is 1. The number of hydrogen-bond acceptors (Lipinski definition) is 5. The molecule has 0 saturated heterocycles. The van der Waals surface area contributed by atoms with Gasteiger partial charge in [0.2, 0.25) is 0 Å². The maximum atomic E-state index is 14.3. The standard InChI is InChI=1S/C23H19F2N5O/c1-30(2)14-6-7-27-20(9-14)13-8-16-18(12-29-23(16)28-11-13)22(31)17(10-26)15-4-3-5-19(24)21(15)25/h3-12,26,31H,1-2H3,(H,28,29)/b22-17+,26-10?. The van der Waals surface area contributed by atoms with Gasteiger partial charge in [-0.3, -0.25) is 4.98 Å². The minimum atomic E-state index is -1.13. The number of nitrogens with one attached hydrogen (secondary N) is 2. The van der Waals surface area contributed by atoms with E-state index >= 15 is 0 Å². The Morgan fingerprint density at radius 3 is 2.68 bits per heavy atom. The van der Waals surface area contributed by atoms with Gasteiger partial charge in [-0.05, 0) is 24.3 Å². The fraction of sp³-hybridized carbons (Fsp3) is 0.0870. The highest BCUT2D eigenvalue weighted by atomic mass is 19.2. The van der Waals surface area contributed by atoms with Gasteiger partial charge in [-0.25, -0.2) is 13.8 Å². The second-order valence-corrected chi connectivity index (χ2v) is 7.12. The van der Waals surface area contributed by atoms with Crippen molar-refractivity contribution in [1.29, 1.82) is 5.41 Å². The maximum absolute atomic E-state index is 14.3. The van der Waals surface area contributed by atoms with Crippen LogP contribution >= 0.6 is 0 Å². The van der Waals surface area contributed by atoms with Crippen molar-refractivity contribution in [2.75, 3.05) is 19.0 Å². The molecule has 0 atom stereocenters. The van der Waals surface area contributed by atoms with Crippen molar-refractivity contribution in [3.05, 3.63) is 77.8 Å². The van der Waals surface area contributed by atoms with E-state index in [9.17, 15) is 13.9 Å². The van der Waals surface area contributed by atoms with E-state index in [1.165, 1.54) is 18.3 Å². The fourth-order valence-electron chi connectivity index (χ4n) is 3.33. The Labute approximate surface area is 177 Å². The second-order valence-electron chi connectivity index (χ2n) is 7.12. The molecular weight excluding hydrogens is 400 g/mol. The number of aromatic nitrogens is 3. The van der Waals surface area contributed by atoms with Crippen molar-refractivity contribution in [3.63, 3.8) is 0 Å². The molecule has 1 aromatic carbocycles. The van der Waals surface area contributed by atoms with Crippen LogP contribution in [0.25, 0.3) is 33.6 Å². The normalized spacial score (nSPS) is 12.0. The summed E-state index contributed by atoms with van der Waals surface area (Å²) >= 11 is 0. The van der Waals surface area contributed by atoms with Crippen LogP contribution in [-0.4, -0.2) is 40.4 Å². The molecule has 0 fully saturated rings. The Hall–Kier alpha value is -4.07. The SMILES string of the molecule is CN(C)c1ccnc(-c2cnc3[nH]cc(/C(O)=C(/C=N)c4cccc(F)c4F)c3c2)c1. The lowest BCUT2D eigenvalue weighted by molar-refractivity contribution is 0.503. The zero-order valence-corrected chi connectivity index (χ0v) is 16.8. The van der Waals surface area contributed by atoms with E-state index in [-0.39, 0.29) is 16.9 Å². The molecule has 31 heavy (non-hydrogen) atoms. The van der Waals surface area contributed by atoms with Crippen LogP contribution in [0.15, 0.2) is 55.0 Å². The van der Waals surface area contributed by atoms with Gasteiger partial charge in [-0.2, -0.15) is 0 Å². The van der Waals surface area contributed by atoms with Crippen molar-refractivity contribution in [1.82, 2.24) is 15.0 Å². The molecule has 4 rings (SSSR count). The first kappa shape index (κ1) is 20.2. The molecule has 6 nitrogen and oxygen atoms in total. The van der Waals surface area contributed by atoms with Crippen LogP contribution in [0, 0.1) is 17.0 Å². The van der Waals surface area contributed by atoms with Crippen LogP contribution in [-0.2, 0) is 0 Å². The van der Waals surface area contributed by atoms with Crippen molar-refractivity contribution < 1.29 is 13.9 Å². The van der Waals surface area contributed by atoms with Crippen LogP contribution < -0.4 is 4.90 Å². The largest absolute Gasteiger partial charge is 0.507 e. The zero-order valence-electron chi connectivity index (χ0n) is 16.8. The third-order valence-electron chi connectivity index (χ3n) is 4.98. The molecule has 0 aliphatic rings. The first-order valence-corrected chi connectivity index (χ1v) is 9.40. The summed E-state index contributed by atoms with van der Waals surface area (Å²) in [5, 5.41) is 19.1. The maximum Gasteiger partial charge on any atom is 0.166 e. The van der Waals surface area contributed by atoms with E-state index in [1.807, 2.05) is 31.1 Å². The molecule has 3 N–H and O–H groups in total. The second kappa shape index (κ2) is 7.98. The molecular formula is C23H19F2N5O. The van der Waals surface area contributed by atoms with Crippen LogP contribution in [0.1, 0.15) is 11.1 Å². The van der Waals surface area contributed by atoms with Crippen LogP contribution in [0.3, 0.4) is 0 Å². The monoisotopic (exact) mass is 419 g/mol. The Bertz CT molecular complexity index is 1330. The number of allylic oxidation sites excluding steroid dienone is 1. The number of aromatic amines is 1. The summed E-state index contributed by atoms with van der Waals surface area (Å²) < 4.78 is 28.0. The molecule has 156 valence electrons. The number of benzene rings is 1. The molecule has 4 aromatic rings. The summed E-state index contributed by atoms with van der Waals surface area (Å²) in [6.07, 6.45) is 5.67. The van der Waals surface area contributed by atoms with Crippen molar-refractivity contribution in [2.45, 2.75) is 0 Å². The number of fused-ring (bicyclic) bond motifs is 1. The molecule has 0 bridgehead atoms. The van der Waals surface area contributed by atoms with Gasteiger partial charge in [0, 0.05) is 72.2 Å². The van der Waals surface area contributed by atoms with E-state index in [2.05, 4.69) is 15.0 Å². The van der Waals surface area contributed by atoms with Crippen molar-refractivity contribution >= 4 is 34.3 Å². The summed E-state index contributed by atoms with van der Waals surface area (Å²) in [5.41, 5.74) is 2.85. The third-order valence-corrected chi connectivity index (χ3v) is 4.98. The molecule has 0 spiro atoms. The lowest BCUT2D eigenvalue weighted by atomic mass is 10.0. The van der Waals surface area contributed by atoms with Crippen molar-refractivity contribution in [2.24, 2.45) is 0 Å². The Kier molecular flexibility index (Phi) is 5.21. The third kappa shape index (κ3) is 3.63. The van der Waals surface area contributed by atoms with Crippen LogP contribution in [0.4, 0.5) is 14.5 Å². The number of H-pyrrole nitrogens is 1. The highest BCUT2D eigenvalue weighted by molar-refractivity contribution is 6.18. The number of aliphatic hydroxyl groups is 1. The zero-order chi connectivity index (χ0) is 22.1. The smallest absolute Gasteiger partial charge is 0.166 e. The molecule has 3 aromatic heterocycles. The van der Waals surface area contributed by atoms with Gasteiger partial charge in [0.25, 0.3) is 0 Å². The number of hydrogen-bond donors (Lipinski definition) is 3. The van der Waals surface area contributed by atoms with Gasteiger partial charge >= 0.3 is 0 Å². The van der Waals surface area contributed by atoms with Crippen LogP contribution in [0.2, 0.25) is 0 Å². The molecule has 3 heterocycles. The number of nitrogens with zero attached hydrogens (tertiary/aromatic N) is 3. The van der Waals surface area contributed by atoms with E-state index < -0.39 is 11.6 Å². The minimum Gasteiger partial charge on any atom is -0.507 e.